The van der Waals surface area contributed by atoms with Crippen LogP contribution in [0.5, 0.6) is 0 Å². The zero-order chi connectivity index (χ0) is 20.2. The monoisotopic (exact) mass is 410 g/mol. The minimum atomic E-state index is -0.550. The number of hydrogen-bond donors (Lipinski definition) is 1. The number of amides is 2. The fraction of sp³-hybridized carbons (Fsp3) is 0.500. The molecule has 7 heteroatoms. The topological polar surface area (TPSA) is 58.6 Å². The Bertz CT molecular complexity index is 778. The van der Waals surface area contributed by atoms with Gasteiger partial charge in [0, 0.05) is 18.7 Å². The van der Waals surface area contributed by atoms with Gasteiger partial charge < -0.3 is 15.0 Å². The number of carbonyl (C=O) groups excluding carboxylic acids is 2. The Morgan fingerprint density at radius 1 is 1.30 bits per heavy atom. The van der Waals surface area contributed by atoms with E-state index in [9.17, 15) is 9.59 Å². The molecule has 1 fully saturated rings. The van der Waals surface area contributed by atoms with Gasteiger partial charge in [-0.2, -0.15) is 0 Å². The number of nitrogens with zero attached hydrogens (tertiary/aromatic N) is 1. The molecule has 0 spiro atoms. The van der Waals surface area contributed by atoms with Crippen molar-refractivity contribution in [2.24, 2.45) is 5.92 Å². The second kappa shape index (κ2) is 8.86. The summed E-state index contributed by atoms with van der Waals surface area (Å²) in [5.74, 6) is 5.57. The normalized spacial score (nSPS) is 17.7. The van der Waals surface area contributed by atoms with E-state index in [4.69, 9.17) is 27.9 Å². The molecule has 1 aliphatic heterocycles. The first-order valence-corrected chi connectivity index (χ1v) is 9.55. The van der Waals surface area contributed by atoms with Gasteiger partial charge in [0.1, 0.15) is 5.60 Å². The first kappa shape index (κ1) is 21.4. The lowest BCUT2D eigenvalue weighted by Gasteiger charge is -2.24. The van der Waals surface area contributed by atoms with Crippen molar-refractivity contribution in [3.05, 3.63) is 33.8 Å². The lowest BCUT2D eigenvalue weighted by molar-refractivity contribution is -0.124. The Kier molecular flexibility index (Phi) is 7.02. The van der Waals surface area contributed by atoms with Gasteiger partial charge in [0.15, 0.2) is 0 Å². The van der Waals surface area contributed by atoms with Crippen LogP contribution in [0.1, 0.15) is 39.7 Å². The maximum absolute atomic E-state index is 12.4. The molecular weight excluding hydrogens is 387 g/mol. The fourth-order valence-corrected chi connectivity index (χ4v) is 2.90. The Balaban J connectivity index is 1.87. The van der Waals surface area contributed by atoms with E-state index in [0.717, 1.165) is 5.56 Å². The lowest BCUT2D eigenvalue weighted by Crippen LogP contribution is -2.39. The molecule has 1 aromatic rings. The van der Waals surface area contributed by atoms with Gasteiger partial charge >= 0.3 is 6.09 Å². The van der Waals surface area contributed by atoms with Crippen LogP contribution in [0.25, 0.3) is 0 Å². The highest BCUT2D eigenvalue weighted by Crippen LogP contribution is 2.22. The summed E-state index contributed by atoms with van der Waals surface area (Å²) in [7, 11) is 0. The maximum atomic E-state index is 12.4. The Morgan fingerprint density at radius 3 is 2.63 bits per heavy atom. The molecule has 2 rings (SSSR count). The molecule has 0 radical (unpaired) electrons. The molecule has 2 amide bonds. The number of nitrogens with one attached hydrogen (secondary N) is 1. The summed E-state index contributed by atoms with van der Waals surface area (Å²) in [5, 5.41) is 3.79. The van der Waals surface area contributed by atoms with E-state index in [1.54, 1.807) is 23.1 Å². The molecule has 1 aromatic carbocycles. The smallest absolute Gasteiger partial charge is 0.410 e. The van der Waals surface area contributed by atoms with Gasteiger partial charge in [0.25, 0.3) is 0 Å². The van der Waals surface area contributed by atoms with Crippen molar-refractivity contribution in [2.75, 3.05) is 13.1 Å². The Labute approximate surface area is 170 Å². The molecule has 0 saturated carbocycles. The van der Waals surface area contributed by atoms with Crippen LogP contribution < -0.4 is 5.32 Å². The molecule has 1 N–H and O–H groups in total. The predicted molar refractivity (Wildman–Crippen MR) is 107 cm³/mol. The van der Waals surface area contributed by atoms with Crippen molar-refractivity contribution in [1.29, 1.82) is 0 Å². The highest BCUT2D eigenvalue weighted by atomic mass is 35.5. The third-order valence-corrected chi connectivity index (χ3v) is 4.66. The van der Waals surface area contributed by atoms with Crippen LogP contribution >= 0.6 is 23.2 Å². The largest absolute Gasteiger partial charge is 0.444 e. The number of benzene rings is 1. The Morgan fingerprint density at radius 2 is 2.00 bits per heavy atom. The molecule has 0 aromatic heterocycles. The van der Waals surface area contributed by atoms with Crippen molar-refractivity contribution in [3.8, 4) is 11.8 Å². The van der Waals surface area contributed by atoms with Crippen molar-refractivity contribution in [1.82, 2.24) is 10.2 Å². The highest BCUT2D eigenvalue weighted by molar-refractivity contribution is 6.42. The molecule has 1 aliphatic rings. The van der Waals surface area contributed by atoms with E-state index in [1.807, 2.05) is 27.7 Å². The summed E-state index contributed by atoms with van der Waals surface area (Å²) in [6.07, 6.45) is 0.225. The van der Waals surface area contributed by atoms with Crippen LogP contribution in [0.2, 0.25) is 10.0 Å². The molecule has 2 atom stereocenters. The zero-order valence-corrected chi connectivity index (χ0v) is 17.4. The van der Waals surface area contributed by atoms with Crippen LogP contribution in [0.15, 0.2) is 18.2 Å². The van der Waals surface area contributed by atoms with Crippen molar-refractivity contribution in [3.63, 3.8) is 0 Å². The van der Waals surface area contributed by atoms with Gasteiger partial charge in [0.05, 0.1) is 22.0 Å². The van der Waals surface area contributed by atoms with Crippen LogP contribution in [0.3, 0.4) is 0 Å². The zero-order valence-electron chi connectivity index (χ0n) is 15.9. The van der Waals surface area contributed by atoms with Crippen LogP contribution in [-0.2, 0) is 9.53 Å². The van der Waals surface area contributed by atoms with Gasteiger partial charge in [-0.15, -0.1) is 0 Å². The summed E-state index contributed by atoms with van der Waals surface area (Å²) in [4.78, 5) is 26.1. The summed E-state index contributed by atoms with van der Waals surface area (Å²) >= 11 is 11.8. The number of rotatable bonds is 2. The molecule has 0 bridgehead atoms. The van der Waals surface area contributed by atoms with E-state index < -0.39 is 5.60 Å². The highest BCUT2D eigenvalue weighted by Gasteiger charge is 2.33. The summed E-state index contributed by atoms with van der Waals surface area (Å²) in [5.41, 5.74) is 0.175. The fourth-order valence-electron chi connectivity index (χ4n) is 2.60. The maximum Gasteiger partial charge on any atom is 0.410 e. The average Bonchev–Trinajstić information content (AvgIpc) is 3.05. The van der Waals surface area contributed by atoms with E-state index in [0.29, 0.717) is 29.6 Å². The quantitative estimate of drug-likeness (QED) is 0.746. The minimum absolute atomic E-state index is 0.114. The van der Waals surface area contributed by atoms with E-state index >= 15 is 0 Å². The van der Waals surface area contributed by atoms with Gasteiger partial charge in [-0.3, -0.25) is 4.79 Å². The third-order valence-electron chi connectivity index (χ3n) is 3.92. The van der Waals surface area contributed by atoms with E-state index in [-0.39, 0.29) is 24.0 Å². The Hall–Kier alpha value is -1.90. The standard InChI is InChI=1S/C20H24Cl2N2O3/c1-13(5-6-14-7-8-16(21)17(22)11-14)23-18(25)15-9-10-24(12-15)19(26)27-20(2,3)4/h7-8,11,13,15H,9-10,12H2,1-4H3,(H,23,25)/t13-,15?/m0/s1. The third kappa shape index (κ3) is 6.64. The van der Waals surface area contributed by atoms with Gasteiger partial charge in [-0.1, -0.05) is 35.0 Å². The van der Waals surface area contributed by atoms with Crippen LogP contribution in [0, 0.1) is 17.8 Å². The molecule has 1 unspecified atom stereocenters. The molecule has 27 heavy (non-hydrogen) atoms. The van der Waals surface area contributed by atoms with Gasteiger partial charge in [-0.05, 0) is 52.3 Å². The second-order valence-corrected chi connectivity index (χ2v) is 8.35. The van der Waals surface area contributed by atoms with Crippen molar-refractivity contribution < 1.29 is 14.3 Å². The molecule has 146 valence electrons. The molecule has 0 aliphatic carbocycles. The number of hydrogen-bond acceptors (Lipinski definition) is 3. The number of halogens is 2. The van der Waals surface area contributed by atoms with Crippen LogP contribution in [-0.4, -0.2) is 41.6 Å². The molecular formula is C20H24Cl2N2O3. The summed E-state index contributed by atoms with van der Waals surface area (Å²) < 4.78 is 5.35. The summed E-state index contributed by atoms with van der Waals surface area (Å²) in [6, 6.07) is 4.80. The van der Waals surface area contributed by atoms with E-state index in [1.165, 1.54) is 0 Å². The number of carbonyl (C=O) groups is 2. The summed E-state index contributed by atoms with van der Waals surface area (Å²) in [6.45, 7) is 8.13. The number of likely N-dealkylation sites (tertiary alicyclic amines) is 1. The van der Waals surface area contributed by atoms with Gasteiger partial charge in [0.2, 0.25) is 5.91 Å². The molecule has 1 heterocycles. The first-order valence-electron chi connectivity index (χ1n) is 8.80. The average molecular weight is 411 g/mol. The number of ether oxygens (including phenoxy) is 1. The molecule has 1 saturated heterocycles. The minimum Gasteiger partial charge on any atom is -0.444 e. The lowest BCUT2D eigenvalue weighted by atomic mass is 10.1. The SMILES string of the molecule is C[C@@H](C#Cc1ccc(Cl)c(Cl)c1)NC(=O)C1CCN(C(=O)OC(C)(C)C)C1. The first-order chi connectivity index (χ1) is 12.5. The van der Waals surface area contributed by atoms with E-state index in [2.05, 4.69) is 17.2 Å². The van der Waals surface area contributed by atoms with Crippen LogP contribution in [0.4, 0.5) is 4.79 Å². The van der Waals surface area contributed by atoms with Crippen molar-refractivity contribution in [2.45, 2.75) is 45.8 Å². The van der Waals surface area contributed by atoms with Gasteiger partial charge in [-0.25, -0.2) is 4.79 Å². The van der Waals surface area contributed by atoms with Crippen molar-refractivity contribution >= 4 is 35.2 Å². The second-order valence-electron chi connectivity index (χ2n) is 7.54. The molecule has 5 nitrogen and oxygen atoms in total. The predicted octanol–water partition coefficient (Wildman–Crippen LogP) is 4.11.